The van der Waals surface area contributed by atoms with Crippen molar-refractivity contribution in [3.63, 3.8) is 0 Å². The molecule has 10 heteroatoms. The lowest BCUT2D eigenvalue weighted by molar-refractivity contribution is -0.140. The van der Waals surface area contributed by atoms with Gasteiger partial charge in [-0.3, -0.25) is 0 Å². The minimum absolute atomic E-state index is 0.0650. The highest BCUT2D eigenvalue weighted by Gasteiger charge is 2.20. The van der Waals surface area contributed by atoms with Crippen molar-refractivity contribution >= 4 is 24.0 Å². The molecule has 2 saturated heterocycles. The number of esters is 2. The Kier molecular flexibility index (Phi) is 6.41. The van der Waals surface area contributed by atoms with Crippen molar-refractivity contribution in [1.82, 2.24) is 21.3 Å². The number of hydrogen-bond donors (Lipinski definition) is 4. The number of hydrogen-bond acceptors (Lipinski definition) is 6. The first kappa shape index (κ1) is 17.6. The van der Waals surface area contributed by atoms with Crippen LogP contribution >= 0.6 is 0 Å². The topological polar surface area (TPSA) is 135 Å². The van der Waals surface area contributed by atoms with E-state index in [0.29, 0.717) is 25.9 Å². The molecule has 0 aromatic heterocycles. The van der Waals surface area contributed by atoms with E-state index in [1.165, 1.54) is 0 Å². The van der Waals surface area contributed by atoms with Crippen LogP contribution in [0.15, 0.2) is 12.2 Å². The molecule has 2 aliphatic heterocycles. The summed E-state index contributed by atoms with van der Waals surface area (Å²) in [6.07, 6.45) is 2.97. The van der Waals surface area contributed by atoms with Crippen LogP contribution in [0.1, 0.15) is 12.8 Å². The van der Waals surface area contributed by atoms with Crippen molar-refractivity contribution < 1.29 is 28.7 Å². The number of rotatable bonds is 8. The third-order valence-corrected chi connectivity index (χ3v) is 3.47. The smallest absolute Gasteiger partial charge is 0.331 e. The zero-order valence-electron chi connectivity index (χ0n) is 13.0. The molecule has 2 atom stereocenters. The summed E-state index contributed by atoms with van der Waals surface area (Å²) in [4.78, 5) is 44.7. The van der Waals surface area contributed by atoms with Crippen molar-refractivity contribution in [1.29, 1.82) is 0 Å². The number of amides is 4. The molecule has 2 unspecified atom stereocenters. The quantitative estimate of drug-likeness (QED) is 0.323. The normalized spacial score (nSPS) is 22.5. The van der Waals surface area contributed by atoms with Crippen molar-refractivity contribution in [2.45, 2.75) is 24.9 Å². The van der Waals surface area contributed by atoms with E-state index >= 15 is 0 Å². The van der Waals surface area contributed by atoms with Crippen molar-refractivity contribution in [3.8, 4) is 0 Å². The molecule has 0 aromatic rings. The van der Waals surface area contributed by atoms with E-state index in [0.717, 1.165) is 12.2 Å². The van der Waals surface area contributed by atoms with Crippen molar-refractivity contribution in [2.75, 3.05) is 26.3 Å². The average Bonchev–Trinajstić information content (AvgIpc) is 3.14. The van der Waals surface area contributed by atoms with E-state index in [1.807, 2.05) is 0 Å². The predicted octanol–water partition coefficient (Wildman–Crippen LogP) is -1.23. The standard InChI is InChI=1S/C14H20N4O6/c19-11(23-5-3-9-7-15-13(21)17-9)1-2-12(20)24-6-4-10-8-16-14(22)18-10/h1-2,9-10H,3-8H2,(H2,15,17,21)(H2,16,18,22). The highest BCUT2D eigenvalue weighted by molar-refractivity contribution is 5.91. The summed E-state index contributed by atoms with van der Waals surface area (Å²) in [5.41, 5.74) is 0. The number of carbonyl (C=O) groups is 4. The average molecular weight is 340 g/mol. The molecule has 0 aromatic carbocycles. The van der Waals surface area contributed by atoms with Crippen LogP contribution in [0.2, 0.25) is 0 Å². The van der Waals surface area contributed by atoms with Gasteiger partial charge in [0.05, 0.1) is 25.3 Å². The maximum absolute atomic E-state index is 11.4. The molecular weight excluding hydrogens is 320 g/mol. The first-order valence-electron chi connectivity index (χ1n) is 7.63. The second-order valence-corrected chi connectivity index (χ2v) is 5.35. The van der Waals surface area contributed by atoms with Crippen LogP contribution in [0.4, 0.5) is 9.59 Å². The van der Waals surface area contributed by atoms with Gasteiger partial charge in [0.1, 0.15) is 0 Å². The molecule has 0 saturated carbocycles. The van der Waals surface area contributed by atoms with Gasteiger partial charge in [0, 0.05) is 38.1 Å². The molecule has 10 nitrogen and oxygen atoms in total. The van der Waals surface area contributed by atoms with Crippen LogP contribution in [-0.2, 0) is 19.1 Å². The fourth-order valence-corrected chi connectivity index (χ4v) is 2.19. The van der Waals surface area contributed by atoms with Gasteiger partial charge in [-0.05, 0) is 0 Å². The van der Waals surface area contributed by atoms with E-state index in [2.05, 4.69) is 21.3 Å². The summed E-state index contributed by atoms with van der Waals surface area (Å²) >= 11 is 0. The maximum atomic E-state index is 11.4. The Morgan fingerprint density at radius 2 is 1.29 bits per heavy atom. The minimum Gasteiger partial charge on any atom is -0.462 e. The lowest BCUT2D eigenvalue weighted by Gasteiger charge is -2.08. The molecular formula is C14H20N4O6. The molecule has 0 spiro atoms. The van der Waals surface area contributed by atoms with Gasteiger partial charge < -0.3 is 30.7 Å². The Bertz CT molecular complexity index is 489. The fourth-order valence-electron chi connectivity index (χ4n) is 2.19. The molecule has 2 heterocycles. The zero-order chi connectivity index (χ0) is 17.4. The monoisotopic (exact) mass is 340 g/mol. The molecule has 4 N–H and O–H groups in total. The highest BCUT2D eigenvalue weighted by atomic mass is 16.5. The van der Waals surface area contributed by atoms with Crippen LogP contribution in [0.25, 0.3) is 0 Å². The summed E-state index contributed by atoms with van der Waals surface area (Å²) in [6.45, 7) is 1.27. The first-order chi connectivity index (χ1) is 11.5. The molecule has 2 aliphatic rings. The Morgan fingerprint density at radius 1 is 0.875 bits per heavy atom. The summed E-state index contributed by atoms with van der Waals surface area (Å²) in [5.74, 6) is -1.31. The van der Waals surface area contributed by atoms with Crippen LogP contribution in [0, 0.1) is 0 Å². The molecule has 2 rings (SSSR count). The van der Waals surface area contributed by atoms with Crippen LogP contribution in [-0.4, -0.2) is 62.4 Å². The lowest BCUT2D eigenvalue weighted by Crippen LogP contribution is -2.28. The zero-order valence-corrected chi connectivity index (χ0v) is 13.0. The second kappa shape index (κ2) is 8.75. The largest absolute Gasteiger partial charge is 0.462 e. The van der Waals surface area contributed by atoms with Crippen LogP contribution in [0.3, 0.4) is 0 Å². The Morgan fingerprint density at radius 3 is 1.62 bits per heavy atom. The van der Waals surface area contributed by atoms with Gasteiger partial charge in [0.2, 0.25) is 0 Å². The van der Waals surface area contributed by atoms with Gasteiger partial charge in [0.15, 0.2) is 0 Å². The minimum atomic E-state index is -0.656. The van der Waals surface area contributed by atoms with E-state index in [-0.39, 0.29) is 37.4 Å². The molecule has 0 bridgehead atoms. The summed E-state index contributed by atoms with van der Waals surface area (Å²) in [7, 11) is 0. The predicted molar refractivity (Wildman–Crippen MR) is 80.9 cm³/mol. The van der Waals surface area contributed by atoms with Gasteiger partial charge >= 0.3 is 24.0 Å². The molecule has 132 valence electrons. The van der Waals surface area contributed by atoms with Gasteiger partial charge in [0.25, 0.3) is 0 Å². The van der Waals surface area contributed by atoms with Crippen LogP contribution < -0.4 is 21.3 Å². The molecule has 0 aliphatic carbocycles. The Hall–Kier alpha value is -2.78. The SMILES string of the molecule is O=C1NCC(CCOC(=O)C=CC(=O)OCCC2CNC(=O)N2)N1. The molecule has 24 heavy (non-hydrogen) atoms. The number of carbonyl (C=O) groups excluding carboxylic acids is 4. The number of ether oxygens (including phenoxy) is 2. The second-order valence-electron chi connectivity index (χ2n) is 5.35. The van der Waals surface area contributed by atoms with Gasteiger partial charge in [-0.25, -0.2) is 19.2 Å². The Labute approximate surface area is 138 Å². The van der Waals surface area contributed by atoms with Gasteiger partial charge in [-0.1, -0.05) is 0 Å². The van der Waals surface area contributed by atoms with Crippen molar-refractivity contribution in [2.24, 2.45) is 0 Å². The van der Waals surface area contributed by atoms with Gasteiger partial charge in [-0.2, -0.15) is 0 Å². The number of urea groups is 2. The third kappa shape index (κ3) is 6.15. The summed E-state index contributed by atoms with van der Waals surface area (Å²) in [6, 6.07) is -0.599. The summed E-state index contributed by atoms with van der Waals surface area (Å²) in [5, 5.41) is 10.5. The molecule has 4 amide bonds. The molecule has 0 radical (unpaired) electrons. The van der Waals surface area contributed by atoms with E-state index < -0.39 is 11.9 Å². The van der Waals surface area contributed by atoms with Gasteiger partial charge in [-0.15, -0.1) is 0 Å². The van der Waals surface area contributed by atoms with Crippen LogP contribution in [0.5, 0.6) is 0 Å². The Balaban J connectivity index is 1.52. The number of nitrogens with one attached hydrogen (secondary N) is 4. The fraction of sp³-hybridized carbons (Fsp3) is 0.571. The van der Waals surface area contributed by atoms with Crippen molar-refractivity contribution in [3.05, 3.63) is 12.2 Å². The lowest BCUT2D eigenvalue weighted by atomic mass is 10.2. The maximum Gasteiger partial charge on any atom is 0.331 e. The van der Waals surface area contributed by atoms with E-state index in [1.54, 1.807) is 0 Å². The highest BCUT2D eigenvalue weighted by Crippen LogP contribution is 1.99. The molecule has 2 fully saturated rings. The van der Waals surface area contributed by atoms with E-state index in [9.17, 15) is 19.2 Å². The summed E-state index contributed by atoms with van der Waals surface area (Å²) < 4.78 is 9.84. The third-order valence-electron chi connectivity index (χ3n) is 3.47. The first-order valence-corrected chi connectivity index (χ1v) is 7.63. The van der Waals surface area contributed by atoms with E-state index in [4.69, 9.17) is 9.47 Å².